The predicted molar refractivity (Wildman–Crippen MR) is 82.9 cm³/mol. The number of hydrogen-bond donors (Lipinski definition) is 0. The molecule has 0 aromatic carbocycles. The standard InChI is InChI=1S/C14H20BrClO4/c1-5-19-12(17)14(8-11(4)15,7-10(3)9-16)13(18)20-6-2/h3-9H2,1-2H3. The second kappa shape index (κ2) is 9.19. The number of ether oxygens (including phenoxy) is 2. The number of allylic oxidation sites excluding steroid dienone is 2. The van der Waals surface area contributed by atoms with Gasteiger partial charge in [-0.15, -0.1) is 11.6 Å². The number of hydrogen-bond acceptors (Lipinski definition) is 4. The fourth-order valence-electron chi connectivity index (χ4n) is 1.77. The van der Waals surface area contributed by atoms with Crippen molar-refractivity contribution >= 4 is 39.5 Å². The first kappa shape index (κ1) is 19.2. The van der Waals surface area contributed by atoms with E-state index in [0.717, 1.165) is 0 Å². The molecule has 0 radical (unpaired) electrons. The van der Waals surface area contributed by atoms with Crippen molar-refractivity contribution in [2.24, 2.45) is 5.41 Å². The highest BCUT2D eigenvalue weighted by atomic mass is 79.9. The Kier molecular flexibility index (Phi) is 8.81. The van der Waals surface area contributed by atoms with Gasteiger partial charge in [0.25, 0.3) is 0 Å². The highest BCUT2D eigenvalue weighted by Crippen LogP contribution is 2.37. The van der Waals surface area contributed by atoms with E-state index in [1.807, 2.05) is 0 Å². The van der Waals surface area contributed by atoms with E-state index in [1.165, 1.54) is 0 Å². The first-order valence-electron chi connectivity index (χ1n) is 6.24. The second-order valence-electron chi connectivity index (χ2n) is 4.28. The highest BCUT2D eigenvalue weighted by molar-refractivity contribution is 9.11. The number of halogens is 2. The molecular formula is C14H20BrClO4. The lowest BCUT2D eigenvalue weighted by atomic mass is 9.78. The maximum absolute atomic E-state index is 12.3. The SMILES string of the molecule is C=C(Br)CC(CC(=C)CCl)(C(=O)OCC)C(=O)OCC. The molecule has 20 heavy (non-hydrogen) atoms. The summed E-state index contributed by atoms with van der Waals surface area (Å²) in [5.41, 5.74) is -0.931. The quantitative estimate of drug-likeness (QED) is 0.270. The molecule has 0 amide bonds. The van der Waals surface area contributed by atoms with Crippen molar-refractivity contribution in [3.8, 4) is 0 Å². The van der Waals surface area contributed by atoms with Crippen molar-refractivity contribution in [1.29, 1.82) is 0 Å². The average molecular weight is 368 g/mol. The molecule has 0 saturated carbocycles. The summed E-state index contributed by atoms with van der Waals surface area (Å²) in [6, 6.07) is 0. The normalized spacial score (nSPS) is 10.8. The Bertz CT molecular complexity index is 375. The van der Waals surface area contributed by atoms with Crippen LogP contribution in [0.3, 0.4) is 0 Å². The summed E-state index contributed by atoms with van der Waals surface area (Å²) in [5, 5.41) is 0. The number of alkyl halides is 1. The van der Waals surface area contributed by atoms with Gasteiger partial charge in [0, 0.05) is 12.3 Å². The van der Waals surface area contributed by atoms with E-state index in [9.17, 15) is 9.59 Å². The maximum atomic E-state index is 12.3. The summed E-state index contributed by atoms with van der Waals surface area (Å²) in [4.78, 5) is 24.6. The summed E-state index contributed by atoms with van der Waals surface area (Å²) in [7, 11) is 0. The molecule has 114 valence electrons. The molecule has 0 aromatic rings. The molecule has 0 bridgehead atoms. The second-order valence-corrected chi connectivity index (χ2v) is 5.67. The topological polar surface area (TPSA) is 52.6 Å². The van der Waals surface area contributed by atoms with Crippen molar-refractivity contribution in [1.82, 2.24) is 0 Å². The van der Waals surface area contributed by atoms with Crippen molar-refractivity contribution in [2.45, 2.75) is 26.7 Å². The Balaban J connectivity index is 5.60. The Morgan fingerprint density at radius 1 is 1.10 bits per heavy atom. The molecule has 0 heterocycles. The van der Waals surface area contributed by atoms with Crippen molar-refractivity contribution in [2.75, 3.05) is 19.1 Å². The van der Waals surface area contributed by atoms with Gasteiger partial charge in [0.05, 0.1) is 13.2 Å². The van der Waals surface area contributed by atoms with Crippen molar-refractivity contribution < 1.29 is 19.1 Å². The van der Waals surface area contributed by atoms with Crippen LogP contribution in [0.4, 0.5) is 0 Å². The fraction of sp³-hybridized carbons (Fsp3) is 0.571. The molecule has 6 heteroatoms. The number of rotatable bonds is 9. The van der Waals surface area contributed by atoms with Gasteiger partial charge in [-0.05, 0) is 24.8 Å². The van der Waals surface area contributed by atoms with E-state index >= 15 is 0 Å². The molecule has 0 rings (SSSR count). The molecule has 0 fully saturated rings. The first-order chi connectivity index (χ1) is 9.33. The van der Waals surface area contributed by atoms with E-state index in [-0.39, 0.29) is 31.9 Å². The van der Waals surface area contributed by atoms with Gasteiger partial charge >= 0.3 is 11.9 Å². The van der Waals surface area contributed by atoms with E-state index in [0.29, 0.717) is 10.1 Å². The van der Waals surface area contributed by atoms with Crippen LogP contribution in [0.5, 0.6) is 0 Å². The van der Waals surface area contributed by atoms with Crippen LogP contribution in [0.2, 0.25) is 0 Å². The van der Waals surface area contributed by atoms with E-state index < -0.39 is 17.4 Å². The lowest BCUT2D eigenvalue weighted by Crippen LogP contribution is -2.42. The Labute approximate surface area is 133 Å². The number of esters is 2. The van der Waals surface area contributed by atoms with Gasteiger partial charge in [-0.2, -0.15) is 0 Å². The molecule has 0 atom stereocenters. The minimum Gasteiger partial charge on any atom is -0.465 e. The largest absolute Gasteiger partial charge is 0.465 e. The Morgan fingerprint density at radius 3 is 1.85 bits per heavy atom. The van der Waals surface area contributed by atoms with Gasteiger partial charge in [-0.3, -0.25) is 9.59 Å². The van der Waals surface area contributed by atoms with Crippen LogP contribution in [0, 0.1) is 5.41 Å². The third kappa shape index (κ3) is 5.29. The molecule has 0 aromatic heterocycles. The summed E-state index contributed by atoms with van der Waals surface area (Å²) in [6.07, 6.45) is 0.138. The van der Waals surface area contributed by atoms with Gasteiger partial charge in [0.2, 0.25) is 0 Å². The summed E-state index contributed by atoms with van der Waals surface area (Å²) in [6.45, 7) is 11.1. The predicted octanol–water partition coefficient (Wildman–Crippen LogP) is 3.58. The first-order valence-corrected chi connectivity index (χ1v) is 7.57. The summed E-state index contributed by atoms with van der Waals surface area (Å²) < 4.78 is 10.6. The summed E-state index contributed by atoms with van der Waals surface area (Å²) >= 11 is 8.91. The molecule has 0 aliphatic rings. The molecule has 0 unspecified atom stereocenters. The van der Waals surface area contributed by atoms with Crippen LogP contribution in [-0.2, 0) is 19.1 Å². The smallest absolute Gasteiger partial charge is 0.324 e. The lowest BCUT2D eigenvalue weighted by molar-refractivity contribution is -0.171. The van der Waals surface area contributed by atoms with Gasteiger partial charge < -0.3 is 9.47 Å². The third-order valence-electron chi connectivity index (χ3n) is 2.57. The lowest BCUT2D eigenvalue weighted by Gasteiger charge is -2.29. The third-order valence-corrected chi connectivity index (χ3v) is 3.23. The van der Waals surface area contributed by atoms with Crippen LogP contribution in [-0.4, -0.2) is 31.0 Å². The number of carbonyl (C=O) groups is 2. The molecule has 0 saturated heterocycles. The summed E-state index contributed by atoms with van der Waals surface area (Å²) in [5.74, 6) is -1.15. The molecule has 0 spiro atoms. The van der Waals surface area contributed by atoms with Crippen LogP contribution >= 0.6 is 27.5 Å². The van der Waals surface area contributed by atoms with Crippen LogP contribution in [0.1, 0.15) is 26.7 Å². The highest BCUT2D eigenvalue weighted by Gasteiger charge is 2.49. The van der Waals surface area contributed by atoms with E-state index in [2.05, 4.69) is 29.1 Å². The van der Waals surface area contributed by atoms with Gasteiger partial charge in [-0.25, -0.2) is 0 Å². The fourth-order valence-corrected chi connectivity index (χ4v) is 2.35. The minimum atomic E-state index is -1.49. The maximum Gasteiger partial charge on any atom is 0.324 e. The zero-order chi connectivity index (χ0) is 15.8. The monoisotopic (exact) mass is 366 g/mol. The Morgan fingerprint density at radius 2 is 1.55 bits per heavy atom. The molecular weight excluding hydrogens is 348 g/mol. The molecule has 0 aliphatic heterocycles. The zero-order valence-corrected chi connectivity index (χ0v) is 14.2. The van der Waals surface area contributed by atoms with Crippen LogP contribution in [0.25, 0.3) is 0 Å². The van der Waals surface area contributed by atoms with Gasteiger partial charge in [0.15, 0.2) is 5.41 Å². The molecule has 4 nitrogen and oxygen atoms in total. The van der Waals surface area contributed by atoms with E-state index in [4.69, 9.17) is 21.1 Å². The molecule has 0 N–H and O–H groups in total. The zero-order valence-electron chi connectivity index (χ0n) is 11.8. The number of carbonyl (C=O) groups excluding carboxylic acids is 2. The van der Waals surface area contributed by atoms with E-state index in [1.54, 1.807) is 13.8 Å². The van der Waals surface area contributed by atoms with Crippen LogP contribution < -0.4 is 0 Å². The Hall–Kier alpha value is -0.810. The van der Waals surface area contributed by atoms with Crippen molar-refractivity contribution in [3.05, 3.63) is 23.2 Å². The van der Waals surface area contributed by atoms with Crippen LogP contribution in [0.15, 0.2) is 23.2 Å². The van der Waals surface area contributed by atoms with Gasteiger partial charge in [0.1, 0.15) is 0 Å². The average Bonchev–Trinajstić information content (AvgIpc) is 2.37. The van der Waals surface area contributed by atoms with Crippen molar-refractivity contribution in [3.63, 3.8) is 0 Å². The van der Waals surface area contributed by atoms with Gasteiger partial charge in [-0.1, -0.05) is 34.7 Å². The molecule has 0 aliphatic carbocycles. The minimum absolute atomic E-state index is 0.0682.